The van der Waals surface area contributed by atoms with E-state index in [1.54, 1.807) is 17.0 Å². The van der Waals surface area contributed by atoms with Crippen molar-refractivity contribution in [3.8, 4) is 5.69 Å². The van der Waals surface area contributed by atoms with Gasteiger partial charge in [-0.2, -0.15) is 4.98 Å². The van der Waals surface area contributed by atoms with Gasteiger partial charge in [0.1, 0.15) is 24.1 Å². The molecule has 4 rings (SSSR count). The summed E-state index contributed by atoms with van der Waals surface area (Å²) in [5.41, 5.74) is 6.51. The van der Waals surface area contributed by atoms with Gasteiger partial charge in [0.2, 0.25) is 5.95 Å². The standard InChI is InChI=1S/C34H58FN5O5Si3/c1-32(2,3)46(10,11)42-20-24-26(44-47(12,13)33(4,5)6)27(45-48(14,15)34(7,8)9)30(43-24)39-21-37-25-28(39)38-31(36)40(29(25)41)23-18-16-17-22(35)19-23/h16-19,21,24,26-27,30H,20H2,1-15H3,(H2,36,38)/t24-,26-,27-,30-/m1/s1. The molecule has 0 amide bonds. The van der Waals surface area contributed by atoms with Gasteiger partial charge >= 0.3 is 0 Å². The van der Waals surface area contributed by atoms with Gasteiger partial charge in [0, 0.05) is 0 Å². The number of anilines is 1. The summed E-state index contributed by atoms with van der Waals surface area (Å²) in [4.78, 5) is 23.0. The summed E-state index contributed by atoms with van der Waals surface area (Å²) in [5, 5.41) is -0.175. The Balaban J connectivity index is 1.90. The zero-order chi connectivity index (χ0) is 36.4. The van der Waals surface area contributed by atoms with Gasteiger partial charge in [0.05, 0.1) is 18.6 Å². The van der Waals surface area contributed by atoms with Crippen molar-refractivity contribution in [2.75, 3.05) is 12.3 Å². The number of imidazole rings is 1. The lowest BCUT2D eigenvalue weighted by Crippen LogP contribution is -2.54. The van der Waals surface area contributed by atoms with Crippen molar-refractivity contribution in [3.63, 3.8) is 0 Å². The van der Waals surface area contributed by atoms with Gasteiger partial charge in [-0.25, -0.2) is 13.9 Å². The Labute approximate surface area is 288 Å². The first-order valence-electron chi connectivity index (χ1n) is 16.8. The molecule has 1 aliphatic rings. The summed E-state index contributed by atoms with van der Waals surface area (Å²) < 4.78 is 45.3. The third-order valence-electron chi connectivity index (χ3n) is 11.1. The molecule has 1 aliphatic heterocycles. The number of nitrogens with zero attached hydrogens (tertiary/aromatic N) is 4. The molecule has 1 fully saturated rings. The van der Waals surface area contributed by atoms with E-state index < -0.39 is 60.9 Å². The molecule has 14 heteroatoms. The first-order valence-corrected chi connectivity index (χ1v) is 25.6. The van der Waals surface area contributed by atoms with Gasteiger partial charge in [0.25, 0.3) is 5.56 Å². The Morgan fingerprint density at radius 1 is 0.875 bits per heavy atom. The molecule has 48 heavy (non-hydrogen) atoms. The average molecular weight is 720 g/mol. The quantitative estimate of drug-likeness (QED) is 0.221. The molecule has 10 nitrogen and oxygen atoms in total. The molecule has 0 unspecified atom stereocenters. The third-order valence-corrected chi connectivity index (χ3v) is 24.6. The van der Waals surface area contributed by atoms with Crippen LogP contribution in [0.3, 0.4) is 0 Å². The van der Waals surface area contributed by atoms with Gasteiger partial charge < -0.3 is 23.7 Å². The number of hydrogen-bond acceptors (Lipinski definition) is 8. The molecule has 0 spiro atoms. The highest BCUT2D eigenvalue weighted by atomic mass is 28.4. The van der Waals surface area contributed by atoms with Crippen LogP contribution in [-0.2, 0) is 18.0 Å². The van der Waals surface area contributed by atoms with E-state index in [2.05, 4.69) is 112 Å². The molecule has 0 saturated carbocycles. The van der Waals surface area contributed by atoms with Crippen molar-refractivity contribution < 1.29 is 22.4 Å². The Kier molecular flexibility index (Phi) is 10.3. The zero-order valence-corrected chi connectivity index (χ0v) is 34.7. The van der Waals surface area contributed by atoms with Crippen molar-refractivity contribution in [1.29, 1.82) is 0 Å². The Bertz CT molecular complexity index is 1690. The highest BCUT2D eigenvalue weighted by Gasteiger charge is 2.55. The fraction of sp³-hybridized carbons (Fsp3) is 0.676. The molecule has 0 aliphatic carbocycles. The van der Waals surface area contributed by atoms with E-state index in [0.29, 0.717) is 6.61 Å². The van der Waals surface area contributed by atoms with E-state index in [-0.39, 0.29) is 37.9 Å². The minimum absolute atomic E-state index is 0.00139. The van der Waals surface area contributed by atoms with Crippen molar-refractivity contribution in [2.45, 2.75) is 141 Å². The molecule has 268 valence electrons. The molecule has 3 aromatic rings. The highest BCUT2D eigenvalue weighted by molar-refractivity contribution is 6.75. The average Bonchev–Trinajstić information content (AvgIpc) is 3.46. The van der Waals surface area contributed by atoms with E-state index in [4.69, 9.17) is 23.7 Å². The summed E-state index contributed by atoms with van der Waals surface area (Å²) in [5.74, 6) is -0.584. The van der Waals surface area contributed by atoms with Gasteiger partial charge in [0.15, 0.2) is 42.3 Å². The van der Waals surface area contributed by atoms with Gasteiger partial charge in [-0.3, -0.25) is 9.36 Å². The van der Waals surface area contributed by atoms with Gasteiger partial charge in [-0.15, -0.1) is 0 Å². The number of halogens is 1. The second-order valence-electron chi connectivity index (χ2n) is 17.7. The predicted molar refractivity (Wildman–Crippen MR) is 199 cm³/mol. The normalized spacial score (nSPS) is 21.8. The minimum atomic E-state index is -2.41. The summed E-state index contributed by atoms with van der Waals surface area (Å²) >= 11 is 0. The predicted octanol–water partition coefficient (Wildman–Crippen LogP) is 8.00. The lowest BCUT2D eigenvalue weighted by Gasteiger charge is -2.44. The molecule has 0 radical (unpaired) electrons. The number of nitrogen functional groups attached to an aromatic ring is 1. The van der Waals surface area contributed by atoms with E-state index in [1.807, 2.05) is 0 Å². The minimum Gasteiger partial charge on any atom is -0.414 e. The summed E-state index contributed by atoms with van der Waals surface area (Å²) in [6.45, 7) is 33.6. The fourth-order valence-electron chi connectivity index (χ4n) is 4.91. The smallest absolute Gasteiger partial charge is 0.287 e. The van der Waals surface area contributed by atoms with Crippen LogP contribution in [-0.4, -0.2) is 69.0 Å². The van der Waals surface area contributed by atoms with Crippen LogP contribution in [0.15, 0.2) is 35.4 Å². The number of benzene rings is 1. The molecule has 2 aromatic heterocycles. The number of aromatic nitrogens is 4. The van der Waals surface area contributed by atoms with Crippen LogP contribution in [0, 0.1) is 5.82 Å². The third kappa shape index (κ3) is 7.44. The van der Waals surface area contributed by atoms with Crippen LogP contribution >= 0.6 is 0 Å². The number of hydrogen-bond donors (Lipinski definition) is 1. The van der Waals surface area contributed by atoms with Gasteiger partial charge in [-0.1, -0.05) is 68.4 Å². The first kappa shape index (κ1) is 38.6. The van der Waals surface area contributed by atoms with Crippen LogP contribution < -0.4 is 11.3 Å². The SMILES string of the molecule is CC(C)(C)[Si](C)(C)OC[C@H]1O[C@@H](n2cnc3c(=O)n(-c4cccc(F)c4)c(N)nc32)[C@H](O[Si](C)(C)C(C)(C)C)[C@@H]1O[Si](C)(C)C(C)(C)C. The van der Waals surface area contributed by atoms with Crippen molar-refractivity contribution >= 4 is 42.1 Å². The largest absolute Gasteiger partial charge is 0.414 e. The summed E-state index contributed by atoms with van der Waals surface area (Å²) in [6, 6.07) is 5.66. The molecule has 0 bridgehead atoms. The van der Waals surface area contributed by atoms with Crippen LogP contribution in [0.5, 0.6) is 0 Å². The maximum atomic E-state index is 14.1. The topological polar surface area (TPSA) is 116 Å². The second-order valence-corrected chi connectivity index (χ2v) is 32.1. The van der Waals surface area contributed by atoms with Crippen LogP contribution in [0.1, 0.15) is 68.5 Å². The van der Waals surface area contributed by atoms with E-state index in [1.165, 1.54) is 22.8 Å². The van der Waals surface area contributed by atoms with E-state index >= 15 is 0 Å². The summed E-state index contributed by atoms with van der Waals surface area (Å²) in [7, 11) is -6.93. The van der Waals surface area contributed by atoms with Crippen LogP contribution in [0.2, 0.25) is 54.4 Å². The molecule has 3 heterocycles. The Morgan fingerprint density at radius 2 is 1.42 bits per heavy atom. The van der Waals surface area contributed by atoms with E-state index in [0.717, 1.165) is 0 Å². The highest BCUT2D eigenvalue weighted by Crippen LogP contribution is 2.47. The second kappa shape index (κ2) is 12.8. The van der Waals surface area contributed by atoms with Crippen LogP contribution in [0.4, 0.5) is 10.3 Å². The maximum absolute atomic E-state index is 14.1. The number of nitrogens with two attached hydrogens (primary N) is 1. The zero-order valence-electron chi connectivity index (χ0n) is 31.7. The van der Waals surface area contributed by atoms with Crippen molar-refractivity contribution in [2.24, 2.45) is 0 Å². The number of fused-ring (bicyclic) bond motifs is 1. The molecule has 1 saturated heterocycles. The Morgan fingerprint density at radius 3 is 1.94 bits per heavy atom. The van der Waals surface area contributed by atoms with Gasteiger partial charge in [-0.05, 0) is 72.6 Å². The number of rotatable bonds is 9. The molecule has 4 atom stereocenters. The fourth-order valence-corrected chi connectivity index (χ4v) is 8.53. The van der Waals surface area contributed by atoms with Crippen LogP contribution in [0.25, 0.3) is 16.9 Å². The molecule has 1 aromatic carbocycles. The van der Waals surface area contributed by atoms with Crippen molar-refractivity contribution in [1.82, 2.24) is 19.1 Å². The lowest BCUT2D eigenvalue weighted by molar-refractivity contribution is -0.0470. The monoisotopic (exact) mass is 719 g/mol. The number of ether oxygens (including phenoxy) is 1. The first-order chi connectivity index (χ1) is 21.7. The molecular formula is C34H58FN5O5Si3. The molecule has 2 N–H and O–H groups in total. The summed E-state index contributed by atoms with van der Waals surface area (Å²) in [6.07, 6.45) is -0.656. The van der Waals surface area contributed by atoms with E-state index in [9.17, 15) is 9.18 Å². The maximum Gasteiger partial charge on any atom is 0.287 e. The molecular weight excluding hydrogens is 662 g/mol. The Hall–Kier alpha value is -2.21. The lowest BCUT2D eigenvalue weighted by atomic mass is 10.1. The van der Waals surface area contributed by atoms with Crippen molar-refractivity contribution in [3.05, 3.63) is 46.8 Å².